The summed E-state index contributed by atoms with van der Waals surface area (Å²) in [6.07, 6.45) is 10.8. The molecule has 0 spiro atoms. The van der Waals surface area contributed by atoms with Crippen molar-refractivity contribution in [3.8, 4) is 0 Å². The summed E-state index contributed by atoms with van der Waals surface area (Å²) in [7, 11) is 0. The maximum atomic E-state index is 13.8. The lowest BCUT2D eigenvalue weighted by Gasteiger charge is -2.60. The molecule has 0 aliphatic heterocycles. The number of imidazole rings is 1. The first kappa shape index (κ1) is 24.2. The number of ketones is 2. The van der Waals surface area contributed by atoms with E-state index < -0.39 is 17.1 Å². The molecule has 4 aliphatic rings. The average molecular weight is 511 g/mol. The zero-order valence-corrected chi connectivity index (χ0v) is 21.9. The summed E-state index contributed by atoms with van der Waals surface area (Å²) in [6.45, 7) is 4.21. The molecule has 2 aromatic heterocycles. The molecular formula is C27H34N4O4S. The maximum Gasteiger partial charge on any atom is 0.184 e. The molecule has 0 bridgehead atoms. The summed E-state index contributed by atoms with van der Waals surface area (Å²) in [5.74, 6) is 0.384. The van der Waals surface area contributed by atoms with Crippen molar-refractivity contribution in [2.75, 3.05) is 6.26 Å². The maximum absolute atomic E-state index is 13.8. The topological polar surface area (TPSA) is 118 Å². The molecule has 3 fully saturated rings. The van der Waals surface area contributed by atoms with Crippen LogP contribution in [-0.2, 0) is 16.1 Å². The van der Waals surface area contributed by atoms with E-state index in [1.165, 1.54) is 23.7 Å². The lowest BCUT2D eigenvalue weighted by molar-refractivity contribution is -0.181. The molecule has 2 aromatic rings. The highest BCUT2D eigenvalue weighted by Crippen LogP contribution is 2.67. The number of aliphatic hydroxyl groups is 2. The molecule has 2 heterocycles. The van der Waals surface area contributed by atoms with E-state index in [1.807, 2.05) is 19.3 Å². The summed E-state index contributed by atoms with van der Waals surface area (Å²) in [4.78, 5) is 38.9. The molecule has 3 saturated carbocycles. The first-order chi connectivity index (χ1) is 17.1. The number of aromatic nitrogens is 4. The highest BCUT2D eigenvalue weighted by Gasteiger charge is 2.68. The van der Waals surface area contributed by atoms with E-state index >= 15 is 0 Å². The Balaban J connectivity index is 1.31. The number of hydrogen-bond donors (Lipinski definition) is 2. The molecule has 9 heteroatoms. The summed E-state index contributed by atoms with van der Waals surface area (Å²) in [6, 6.07) is 0. The van der Waals surface area contributed by atoms with Crippen LogP contribution >= 0.6 is 11.8 Å². The third-order valence-corrected chi connectivity index (χ3v) is 11.1. The molecule has 2 N–H and O–H groups in total. The summed E-state index contributed by atoms with van der Waals surface area (Å²) in [5, 5.41) is 24.4. The zero-order valence-electron chi connectivity index (χ0n) is 21.1. The van der Waals surface area contributed by atoms with E-state index in [0.29, 0.717) is 30.4 Å². The van der Waals surface area contributed by atoms with Gasteiger partial charge in [-0.3, -0.25) is 9.59 Å². The second kappa shape index (κ2) is 8.20. The van der Waals surface area contributed by atoms with Gasteiger partial charge in [-0.05, 0) is 74.0 Å². The number of carbonyl (C=O) groups excluding carboxylic acids is 2. The van der Waals surface area contributed by atoms with Gasteiger partial charge in [-0.25, -0.2) is 15.0 Å². The van der Waals surface area contributed by atoms with Crippen molar-refractivity contribution in [1.29, 1.82) is 0 Å². The predicted octanol–water partition coefficient (Wildman–Crippen LogP) is 3.35. The SMILES string of the molecule is CSc1ncnc2c1ncn2CC(=O)[C@@]1(O)CC[C@H]2[C@@H]3CCC4=CC(=O)CC[C@]4(C)[C@H]3C(O)C[C@@]21C. The van der Waals surface area contributed by atoms with Crippen molar-refractivity contribution < 1.29 is 19.8 Å². The standard InChI is InChI=1S/C27H34N4O4S/c1-25-8-6-16(32)10-15(25)4-5-17-18-7-9-27(35,26(18,2)11-19(33)21(17)25)20(34)12-31-14-30-22-23(31)28-13-29-24(22)36-3/h10,13-14,17-19,21,33,35H,4-9,11-12H2,1-3H3/t17-,18-,19?,21+,25-,26-,27-/m0/s1. The van der Waals surface area contributed by atoms with Crippen LogP contribution in [0.5, 0.6) is 0 Å². The van der Waals surface area contributed by atoms with Gasteiger partial charge in [0, 0.05) is 11.8 Å². The molecule has 0 aromatic carbocycles. The largest absolute Gasteiger partial charge is 0.393 e. The van der Waals surface area contributed by atoms with Gasteiger partial charge in [-0.2, -0.15) is 0 Å². The number of Topliss-reactive ketones (excluding diaryl/α,β-unsaturated/α-hetero) is 1. The Morgan fingerprint density at radius 1 is 1.19 bits per heavy atom. The van der Waals surface area contributed by atoms with Crippen molar-refractivity contribution in [3.63, 3.8) is 0 Å². The van der Waals surface area contributed by atoms with Crippen LogP contribution in [0.1, 0.15) is 58.8 Å². The van der Waals surface area contributed by atoms with Gasteiger partial charge in [-0.1, -0.05) is 19.4 Å². The normalized spacial score (nSPS) is 39.9. The molecule has 4 aliphatic carbocycles. The number of carbonyl (C=O) groups is 2. The summed E-state index contributed by atoms with van der Waals surface area (Å²) < 4.78 is 1.70. The second-order valence-corrected chi connectivity index (χ2v) is 12.6. The fraction of sp³-hybridized carbons (Fsp3) is 0.667. The molecule has 6 rings (SSSR count). The molecule has 0 radical (unpaired) electrons. The molecule has 8 nitrogen and oxygen atoms in total. The Labute approximate surface area is 215 Å². The highest BCUT2D eigenvalue weighted by atomic mass is 32.2. The first-order valence-corrected chi connectivity index (χ1v) is 14.2. The van der Waals surface area contributed by atoms with E-state index in [0.717, 1.165) is 30.7 Å². The van der Waals surface area contributed by atoms with E-state index in [2.05, 4.69) is 21.9 Å². The van der Waals surface area contributed by atoms with Gasteiger partial charge in [0.25, 0.3) is 0 Å². The molecular weight excluding hydrogens is 476 g/mol. The van der Waals surface area contributed by atoms with E-state index in [9.17, 15) is 19.8 Å². The van der Waals surface area contributed by atoms with Crippen LogP contribution in [0.3, 0.4) is 0 Å². The molecule has 36 heavy (non-hydrogen) atoms. The van der Waals surface area contributed by atoms with Crippen LogP contribution in [0.25, 0.3) is 11.2 Å². The molecule has 192 valence electrons. The Morgan fingerprint density at radius 2 is 2.00 bits per heavy atom. The number of fused-ring (bicyclic) bond motifs is 6. The zero-order chi connectivity index (χ0) is 25.5. The lowest BCUT2D eigenvalue weighted by atomic mass is 9.45. The van der Waals surface area contributed by atoms with Crippen molar-refractivity contribution in [1.82, 2.24) is 19.5 Å². The van der Waals surface area contributed by atoms with Crippen LogP contribution in [0.4, 0.5) is 0 Å². The van der Waals surface area contributed by atoms with Crippen LogP contribution in [0, 0.1) is 28.6 Å². The van der Waals surface area contributed by atoms with Gasteiger partial charge in [-0.15, -0.1) is 11.8 Å². The number of thioether (sulfide) groups is 1. The Hall–Kier alpha value is -2.10. The van der Waals surface area contributed by atoms with Gasteiger partial charge in [0.2, 0.25) is 0 Å². The van der Waals surface area contributed by atoms with Crippen molar-refractivity contribution in [3.05, 3.63) is 24.3 Å². The summed E-state index contributed by atoms with van der Waals surface area (Å²) >= 11 is 1.48. The van der Waals surface area contributed by atoms with Crippen LogP contribution < -0.4 is 0 Å². The number of nitrogens with zero attached hydrogens (tertiary/aromatic N) is 4. The van der Waals surface area contributed by atoms with Gasteiger partial charge in [0.05, 0.1) is 19.0 Å². The van der Waals surface area contributed by atoms with Crippen molar-refractivity contribution in [2.45, 2.75) is 82.1 Å². The number of hydrogen-bond acceptors (Lipinski definition) is 8. The minimum atomic E-state index is -1.52. The Bertz CT molecular complexity index is 1290. The van der Waals surface area contributed by atoms with E-state index in [1.54, 1.807) is 10.9 Å². The monoisotopic (exact) mass is 510 g/mol. The average Bonchev–Trinajstić information content (AvgIpc) is 3.38. The van der Waals surface area contributed by atoms with Crippen molar-refractivity contribution >= 4 is 34.5 Å². The third-order valence-electron chi connectivity index (χ3n) is 10.4. The predicted molar refractivity (Wildman–Crippen MR) is 135 cm³/mol. The number of allylic oxidation sites excluding steroid dienone is 1. The quantitative estimate of drug-likeness (QED) is 0.475. The second-order valence-electron chi connectivity index (χ2n) is 11.8. The fourth-order valence-corrected chi connectivity index (χ4v) is 9.05. The number of aliphatic hydroxyl groups excluding tert-OH is 1. The van der Waals surface area contributed by atoms with Crippen molar-refractivity contribution in [2.24, 2.45) is 28.6 Å². The van der Waals surface area contributed by atoms with Gasteiger partial charge in [0.1, 0.15) is 22.5 Å². The van der Waals surface area contributed by atoms with Gasteiger partial charge in [0.15, 0.2) is 17.2 Å². The molecule has 0 amide bonds. The molecule has 1 unspecified atom stereocenters. The Kier molecular flexibility index (Phi) is 5.52. The van der Waals surface area contributed by atoms with E-state index in [-0.39, 0.29) is 41.3 Å². The minimum absolute atomic E-state index is 0.0168. The lowest BCUT2D eigenvalue weighted by Crippen LogP contribution is -2.62. The number of rotatable bonds is 4. The van der Waals surface area contributed by atoms with E-state index in [4.69, 9.17) is 0 Å². The smallest absolute Gasteiger partial charge is 0.184 e. The molecule has 0 saturated heterocycles. The highest BCUT2D eigenvalue weighted by molar-refractivity contribution is 7.98. The third kappa shape index (κ3) is 3.18. The molecule has 7 atom stereocenters. The Morgan fingerprint density at radius 3 is 2.78 bits per heavy atom. The van der Waals surface area contributed by atoms with Crippen LogP contribution in [0.15, 0.2) is 29.3 Å². The summed E-state index contributed by atoms with van der Waals surface area (Å²) in [5.41, 5.74) is 0.0119. The first-order valence-electron chi connectivity index (χ1n) is 13.0. The van der Waals surface area contributed by atoms with Crippen LogP contribution in [-0.4, -0.2) is 59.3 Å². The van der Waals surface area contributed by atoms with Gasteiger partial charge < -0.3 is 14.8 Å². The van der Waals surface area contributed by atoms with Crippen LogP contribution in [0.2, 0.25) is 0 Å². The fourth-order valence-electron chi connectivity index (χ4n) is 8.56. The van der Waals surface area contributed by atoms with Gasteiger partial charge >= 0.3 is 0 Å². The minimum Gasteiger partial charge on any atom is -0.393 e.